The van der Waals surface area contributed by atoms with Crippen LogP contribution < -0.4 is 37.2 Å². The molecule has 0 heterocycles. The highest BCUT2D eigenvalue weighted by atomic mass is 16.6. The van der Waals surface area contributed by atoms with Gasteiger partial charge in [-0.25, -0.2) is 9.59 Å². The summed E-state index contributed by atoms with van der Waals surface area (Å²) in [5.74, 6) is -12.0. The molecular formula is C92H157N7O48. The molecule has 7 amide bonds. The van der Waals surface area contributed by atoms with Crippen LogP contribution in [-0.4, -0.2) is 443 Å². The first-order valence-electron chi connectivity index (χ1n) is 47.1. The number of amides is 7. The maximum atomic E-state index is 14.3. The van der Waals surface area contributed by atoms with Gasteiger partial charge in [0.1, 0.15) is 38.9 Å². The fourth-order valence-corrected chi connectivity index (χ4v) is 11.8. The number of esters is 9. The lowest BCUT2D eigenvalue weighted by molar-refractivity contribution is -0.145. The molecule has 0 saturated carbocycles. The smallest absolute Gasteiger partial charge is 0.407 e. The van der Waals surface area contributed by atoms with Crippen LogP contribution in [0.2, 0.25) is 0 Å². The first-order chi connectivity index (χ1) is 69.6. The van der Waals surface area contributed by atoms with Crippen LogP contribution >= 0.6 is 0 Å². The minimum absolute atomic E-state index is 0.0169. The first kappa shape index (κ1) is 138. The highest BCUT2D eigenvalue weighted by molar-refractivity contribution is 5.80. The number of aliphatic carboxylic acids is 3. The summed E-state index contributed by atoms with van der Waals surface area (Å²) in [4.78, 5) is 235. The van der Waals surface area contributed by atoms with Gasteiger partial charge in [-0.05, 0) is 54.4 Å². The quantitative estimate of drug-likeness (QED) is 0.0214. The molecule has 0 bridgehead atoms. The molecule has 0 saturated heterocycles. The van der Waals surface area contributed by atoms with Gasteiger partial charge in [-0.1, -0.05) is 0 Å². The number of methoxy groups -OCH3 is 9. The highest BCUT2D eigenvalue weighted by Gasteiger charge is 2.41. The van der Waals surface area contributed by atoms with E-state index in [0.717, 1.165) is 0 Å². The molecule has 0 atom stereocenters. The van der Waals surface area contributed by atoms with Crippen molar-refractivity contribution in [1.29, 1.82) is 0 Å². The Morgan fingerprint density at radius 3 is 0.449 bits per heavy atom. The van der Waals surface area contributed by atoms with Gasteiger partial charge < -0.3 is 176 Å². The van der Waals surface area contributed by atoms with Crippen molar-refractivity contribution in [2.24, 2.45) is 0 Å². The van der Waals surface area contributed by atoms with E-state index in [-0.39, 0.29) is 274 Å². The van der Waals surface area contributed by atoms with Crippen LogP contribution in [-0.2, 0) is 205 Å². The van der Waals surface area contributed by atoms with Gasteiger partial charge in [0.25, 0.3) is 0 Å². The number of nitrogens with one attached hydrogen (secondary N) is 7. The van der Waals surface area contributed by atoms with Gasteiger partial charge in [0, 0.05) is 45.2 Å². The first-order valence-corrected chi connectivity index (χ1v) is 47.1. The highest BCUT2D eigenvalue weighted by Crippen LogP contribution is 2.20. The molecule has 0 rings (SSSR count). The zero-order chi connectivity index (χ0) is 111. The summed E-state index contributed by atoms with van der Waals surface area (Å²) >= 11 is 0. The number of rotatable bonds is 88. The Labute approximate surface area is 854 Å². The Kier molecular flexibility index (Phi) is 76.8. The molecule has 0 aliphatic heterocycles. The normalized spacial score (nSPS) is 11.6. The van der Waals surface area contributed by atoms with Crippen molar-refractivity contribution in [3.63, 3.8) is 0 Å². The molecule has 55 nitrogen and oxygen atoms in total. The number of alkyl carbamates (subject to hydrolysis) is 2. The lowest BCUT2D eigenvalue weighted by atomic mass is 10.0. The SMILES string of the molecule is CC(C)(C)OC(=O)NCCCC(=O)NC(COCCC(=O)O)(COCCC(=O)O)COCCC(=O)O.COC(=O)CCOCC(COCCC(=O)OC)(COCCC(=O)OC)NC(=O)CCOCC(COCCC(=O)NC(COCCC(=O)OC)(COCCC(=O)OC)COCCC(=O)OC)(COCCC(=O)NC(COCCC(=O)OC)(COCCC(=O)OC)COCCC(=O)OC)NC(=O)CCCNC(=O)OC(C)(C)C. The Bertz CT molecular complexity index is 3380. The Morgan fingerprint density at radius 1 is 0.190 bits per heavy atom. The molecule has 0 aromatic rings. The molecule has 147 heavy (non-hydrogen) atoms. The van der Waals surface area contributed by atoms with Crippen LogP contribution in [0.5, 0.6) is 0 Å². The van der Waals surface area contributed by atoms with Gasteiger partial charge in [0.05, 0.1) is 339 Å². The van der Waals surface area contributed by atoms with Gasteiger partial charge in [-0.3, -0.25) is 81.5 Å². The zero-order valence-corrected chi connectivity index (χ0v) is 87.3. The van der Waals surface area contributed by atoms with Crippen molar-refractivity contribution < 1.29 is 230 Å². The summed E-state index contributed by atoms with van der Waals surface area (Å²) in [6.07, 6.45) is -5.30. The second kappa shape index (κ2) is 81.9. The predicted molar refractivity (Wildman–Crippen MR) is 504 cm³/mol. The van der Waals surface area contributed by atoms with Crippen molar-refractivity contribution in [1.82, 2.24) is 37.2 Å². The van der Waals surface area contributed by atoms with Gasteiger partial charge in [0.15, 0.2) is 0 Å². The molecule has 0 fully saturated rings. The molecule has 0 spiro atoms. The Morgan fingerprint density at radius 2 is 0.320 bits per heavy atom. The van der Waals surface area contributed by atoms with E-state index in [1.165, 1.54) is 64.0 Å². The van der Waals surface area contributed by atoms with E-state index in [2.05, 4.69) is 37.2 Å². The van der Waals surface area contributed by atoms with Crippen molar-refractivity contribution >= 4 is 113 Å². The topological polar surface area (TPSA) is 709 Å². The molecule has 0 aliphatic rings. The van der Waals surface area contributed by atoms with E-state index in [0.29, 0.717) is 0 Å². The molecule has 0 radical (unpaired) electrons. The number of carbonyl (C=O) groups excluding carboxylic acids is 16. The maximum absolute atomic E-state index is 14.3. The van der Waals surface area contributed by atoms with Gasteiger partial charge >= 0.3 is 83.8 Å². The minimum atomic E-state index is -1.81. The summed E-state index contributed by atoms with van der Waals surface area (Å²) < 4.78 is 141. The predicted octanol–water partition coefficient (Wildman–Crippen LogP) is -0.231. The van der Waals surface area contributed by atoms with Crippen LogP contribution in [0.3, 0.4) is 0 Å². The van der Waals surface area contributed by atoms with Gasteiger partial charge in [0.2, 0.25) is 29.5 Å². The van der Waals surface area contributed by atoms with E-state index < -0.39 is 211 Å². The molecular weight excluding hydrogens is 1970 g/mol. The molecule has 55 heteroatoms. The standard InChI is InChI=1S/C70H119N5O36.C22H38N2O12/c1-66(2,3)111-65(89)71-27-13-14-52(76)72-67(40-99-28-15-53(77)73-68(43-102-31-18-56(80)90-4,44-103-32-19-57(81)91-5)45-104-33-20-58(82)92-6,41-100-29-16-54(78)74-69(46-105-34-21-59(83)93-7,47-106-35-22-60(84)94-8)48-107-36-23-61(85)95-9)42-101-30-17-55(79)75-70(49-108-37-24-62(86)96-10,50-109-38-25-63(87)97-11)51-110-39-26-64(88)98-12;1-21(2,3)36-20(32)23-9-4-5-16(25)24-22(13-33-10-6-17(26)27,14-34-11-7-18(28)29)15-35-12-8-19(30)31/h13-51H2,1-12H3,(H,71,89)(H,72,76)(H,73,77)(H,74,78)(H,75,79);4-15H2,1-3H3,(H,23,32)(H,24,25)(H,26,27)(H,28,29)(H,30,31). The number of carbonyl (C=O) groups is 19. The van der Waals surface area contributed by atoms with E-state index >= 15 is 0 Å². The fraction of sp³-hybridized carbons (Fsp3) is 0.793. The zero-order valence-electron chi connectivity index (χ0n) is 87.3. The Hall–Kier alpha value is -11.1. The number of hydrogen-bond donors (Lipinski definition) is 10. The second-order valence-corrected chi connectivity index (χ2v) is 34.6. The second-order valence-electron chi connectivity index (χ2n) is 34.6. The van der Waals surface area contributed by atoms with Gasteiger partial charge in [-0.2, -0.15) is 0 Å². The third-order valence-corrected chi connectivity index (χ3v) is 19.1. The molecule has 848 valence electrons. The largest absolute Gasteiger partial charge is 0.481 e. The van der Waals surface area contributed by atoms with Crippen molar-refractivity contribution in [2.45, 2.75) is 202 Å². The van der Waals surface area contributed by atoms with E-state index in [1.54, 1.807) is 41.5 Å². The number of carboxylic acids is 3. The van der Waals surface area contributed by atoms with E-state index in [4.69, 9.17) is 138 Å². The molecule has 0 aliphatic carbocycles. The molecule has 0 aromatic heterocycles. The molecule has 0 aromatic carbocycles. The molecule has 0 unspecified atom stereocenters. The lowest BCUT2D eigenvalue weighted by Crippen LogP contribution is -2.60. The number of ether oxygens (including phenoxy) is 26. The summed E-state index contributed by atoms with van der Waals surface area (Å²) in [6.45, 7) is 1.16. The van der Waals surface area contributed by atoms with Gasteiger partial charge in [-0.15, -0.1) is 0 Å². The van der Waals surface area contributed by atoms with E-state index in [9.17, 15) is 91.1 Å². The lowest BCUT2D eigenvalue weighted by Gasteiger charge is -2.36. The third kappa shape index (κ3) is 77.0. The van der Waals surface area contributed by atoms with Crippen LogP contribution in [0.15, 0.2) is 0 Å². The minimum Gasteiger partial charge on any atom is -0.481 e. The summed E-state index contributed by atoms with van der Waals surface area (Å²) in [5, 5.41) is 45.7. The van der Waals surface area contributed by atoms with Crippen molar-refractivity contribution in [3.05, 3.63) is 0 Å². The van der Waals surface area contributed by atoms with Crippen molar-refractivity contribution in [3.8, 4) is 0 Å². The average molecular weight is 2130 g/mol. The average Bonchev–Trinajstić information content (AvgIpc) is 0.858. The number of hydrogen-bond acceptors (Lipinski definition) is 45. The number of carboxylic acid groups (broad SMARTS) is 3. The summed E-state index contributed by atoms with van der Waals surface area (Å²) in [5.41, 5.74) is -9.40. The summed E-state index contributed by atoms with van der Waals surface area (Å²) in [7, 11) is 10.7. The van der Waals surface area contributed by atoms with Crippen LogP contribution in [0.1, 0.15) is 164 Å². The third-order valence-electron chi connectivity index (χ3n) is 19.1. The monoisotopic (exact) mass is 2130 g/mol. The van der Waals surface area contributed by atoms with E-state index in [1.807, 2.05) is 0 Å². The maximum Gasteiger partial charge on any atom is 0.407 e. The Balaban J connectivity index is 0. The summed E-state index contributed by atoms with van der Waals surface area (Å²) in [6, 6.07) is 0. The molecule has 10 N–H and O–H groups in total. The van der Waals surface area contributed by atoms with Crippen LogP contribution in [0.25, 0.3) is 0 Å². The van der Waals surface area contributed by atoms with Crippen LogP contribution in [0.4, 0.5) is 9.59 Å². The fourth-order valence-electron chi connectivity index (χ4n) is 11.8. The van der Waals surface area contributed by atoms with Crippen LogP contribution in [0, 0.1) is 0 Å². The van der Waals surface area contributed by atoms with Crippen molar-refractivity contribution in [2.75, 3.05) is 275 Å².